The molecule has 0 saturated heterocycles. The molecule has 0 saturated carbocycles. The first-order chi connectivity index (χ1) is 9.97. The minimum absolute atomic E-state index is 0.210. The number of aliphatic hydroxyl groups is 1. The highest BCUT2D eigenvalue weighted by Gasteiger charge is 2.29. The van der Waals surface area contributed by atoms with Crippen LogP contribution in [0.15, 0.2) is 42.9 Å². The topological polar surface area (TPSA) is 79.5 Å². The number of rotatable bonds is 7. The average Bonchev–Trinajstić information content (AvgIpc) is 3.10. The van der Waals surface area contributed by atoms with Gasteiger partial charge in [-0.1, -0.05) is 6.92 Å². The summed E-state index contributed by atoms with van der Waals surface area (Å²) in [7, 11) is -3.66. The normalized spacial score (nSPS) is 15.0. The second kappa shape index (κ2) is 7.06. The molecule has 2 N–H and O–H groups in total. The van der Waals surface area contributed by atoms with Gasteiger partial charge in [-0.25, -0.2) is 13.1 Å². The molecule has 8 heteroatoms. The molecule has 0 bridgehead atoms. The summed E-state index contributed by atoms with van der Waals surface area (Å²) in [4.78, 5) is 0. The van der Waals surface area contributed by atoms with E-state index >= 15 is 0 Å². The van der Waals surface area contributed by atoms with Crippen LogP contribution in [0.4, 0.5) is 0 Å². The summed E-state index contributed by atoms with van der Waals surface area (Å²) in [5.74, 6) is 0.440. The van der Waals surface area contributed by atoms with Crippen LogP contribution in [0, 0.1) is 0 Å². The average molecular weight is 394 g/mol. The van der Waals surface area contributed by atoms with Crippen LogP contribution in [0.25, 0.3) is 0 Å². The van der Waals surface area contributed by atoms with E-state index in [4.69, 9.17) is 4.42 Å². The molecular formula is C13H16BrNO4S2. The third-order valence-electron chi connectivity index (χ3n) is 3.15. The smallest absolute Gasteiger partial charge is 0.250 e. The monoisotopic (exact) mass is 393 g/mol. The third kappa shape index (κ3) is 3.95. The Balaban J connectivity index is 2.22. The quantitative estimate of drug-likeness (QED) is 0.757. The van der Waals surface area contributed by atoms with Crippen molar-refractivity contribution in [2.45, 2.75) is 29.5 Å². The van der Waals surface area contributed by atoms with Gasteiger partial charge in [0, 0.05) is 5.92 Å². The molecule has 5 nitrogen and oxygen atoms in total. The molecule has 0 aliphatic carbocycles. The van der Waals surface area contributed by atoms with Crippen molar-refractivity contribution in [1.82, 2.24) is 4.72 Å². The number of furan rings is 1. The predicted molar refractivity (Wildman–Crippen MR) is 85.0 cm³/mol. The minimum Gasteiger partial charge on any atom is -0.469 e. The predicted octanol–water partition coefficient (Wildman–Crippen LogP) is 2.94. The highest BCUT2D eigenvalue weighted by atomic mass is 79.9. The number of nitrogens with one attached hydrogen (secondary N) is 1. The van der Waals surface area contributed by atoms with Crippen LogP contribution >= 0.6 is 27.3 Å². The molecule has 2 rings (SSSR count). The van der Waals surface area contributed by atoms with Crippen molar-refractivity contribution in [1.29, 1.82) is 0 Å². The van der Waals surface area contributed by atoms with Crippen LogP contribution in [0.3, 0.4) is 0 Å². The molecule has 0 aliphatic heterocycles. The minimum atomic E-state index is -3.66. The summed E-state index contributed by atoms with van der Waals surface area (Å²) < 4.78 is 33.5. The molecule has 2 heterocycles. The van der Waals surface area contributed by atoms with E-state index < -0.39 is 16.1 Å². The molecule has 0 aliphatic rings. The highest BCUT2D eigenvalue weighted by Crippen LogP contribution is 2.28. The summed E-state index contributed by atoms with van der Waals surface area (Å²) in [5.41, 5.74) is 0. The molecule has 21 heavy (non-hydrogen) atoms. The van der Waals surface area contributed by atoms with Gasteiger partial charge in [-0.05, 0) is 46.6 Å². The molecule has 2 atom stereocenters. The van der Waals surface area contributed by atoms with Gasteiger partial charge in [0.05, 0.1) is 22.7 Å². The molecule has 0 unspecified atom stereocenters. The van der Waals surface area contributed by atoms with Gasteiger partial charge in [0.15, 0.2) is 0 Å². The van der Waals surface area contributed by atoms with Gasteiger partial charge in [0.1, 0.15) is 9.97 Å². The first kappa shape index (κ1) is 16.7. The molecule has 0 radical (unpaired) electrons. The number of thiophene rings is 1. The van der Waals surface area contributed by atoms with Gasteiger partial charge < -0.3 is 9.52 Å². The summed E-state index contributed by atoms with van der Waals surface area (Å²) >= 11 is 4.37. The summed E-state index contributed by atoms with van der Waals surface area (Å²) in [5, 5.41) is 9.57. The molecule has 0 fully saturated rings. The molecule has 116 valence electrons. The Labute approximate surface area is 136 Å². The second-order valence-corrected chi connectivity index (χ2v) is 8.90. The zero-order valence-electron chi connectivity index (χ0n) is 11.3. The molecule has 2 aromatic heterocycles. The number of hydrogen-bond donors (Lipinski definition) is 2. The van der Waals surface area contributed by atoms with Crippen molar-refractivity contribution in [2.24, 2.45) is 0 Å². The SMILES string of the molecule is CC[C@@H](c1ccco1)[C@H](CO)NS(=O)(=O)c1ccc(Br)s1. The first-order valence-electron chi connectivity index (χ1n) is 6.40. The van der Waals surface area contributed by atoms with Crippen molar-refractivity contribution >= 4 is 37.3 Å². The third-order valence-corrected chi connectivity index (χ3v) is 6.76. The van der Waals surface area contributed by atoms with E-state index in [9.17, 15) is 13.5 Å². The van der Waals surface area contributed by atoms with Crippen LogP contribution in [0.2, 0.25) is 0 Å². The molecule has 0 aromatic carbocycles. The van der Waals surface area contributed by atoms with E-state index in [1.165, 1.54) is 12.3 Å². The zero-order valence-corrected chi connectivity index (χ0v) is 14.5. The van der Waals surface area contributed by atoms with E-state index in [0.29, 0.717) is 12.2 Å². The van der Waals surface area contributed by atoms with E-state index in [0.717, 1.165) is 15.1 Å². The summed E-state index contributed by atoms with van der Waals surface area (Å²) in [6, 6.07) is 6.10. The second-order valence-electron chi connectivity index (χ2n) is 4.50. The largest absolute Gasteiger partial charge is 0.469 e. The van der Waals surface area contributed by atoms with Crippen LogP contribution in [0.5, 0.6) is 0 Å². The van der Waals surface area contributed by atoms with Crippen molar-refractivity contribution in [3.8, 4) is 0 Å². The Kier molecular flexibility index (Phi) is 5.61. The summed E-state index contributed by atoms with van der Waals surface area (Å²) in [6.07, 6.45) is 2.19. The maximum atomic E-state index is 12.3. The Morgan fingerprint density at radius 2 is 2.19 bits per heavy atom. The first-order valence-corrected chi connectivity index (χ1v) is 9.49. The van der Waals surface area contributed by atoms with E-state index in [-0.39, 0.29) is 16.7 Å². The lowest BCUT2D eigenvalue weighted by molar-refractivity contribution is 0.227. The Hall–Kier alpha value is -0.670. The summed E-state index contributed by atoms with van der Waals surface area (Å²) in [6.45, 7) is 1.62. The van der Waals surface area contributed by atoms with Crippen LogP contribution in [-0.2, 0) is 10.0 Å². The standard InChI is InChI=1S/C13H16BrNO4S2/c1-2-9(11-4-3-7-19-11)10(8-16)15-21(17,18)13-6-5-12(14)20-13/h3-7,9-10,15-16H,2,8H2,1H3/t9-,10+/m1/s1. The van der Waals surface area contributed by atoms with Gasteiger partial charge in [-0.15, -0.1) is 11.3 Å². The van der Waals surface area contributed by atoms with Gasteiger partial charge in [-0.2, -0.15) is 0 Å². The lowest BCUT2D eigenvalue weighted by Gasteiger charge is -2.23. The fourth-order valence-electron chi connectivity index (χ4n) is 2.13. The number of halogens is 1. The van der Waals surface area contributed by atoms with Crippen molar-refractivity contribution in [3.05, 3.63) is 40.1 Å². The molecule has 0 spiro atoms. The lowest BCUT2D eigenvalue weighted by Crippen LogP contribution is -2.41. The van der Waals surface area contributed by atoms with Gasteiger partial charge >= 0.3 is 0 Å². The zero-order chi connectivity index (χ0) is 15.5. The van der Waals surface area contributed by atoms with Crippen LogP contribution < -0.4 is 4.72 Å². The maximum absolute atomic E-state index is 12.3. The Morgan fingerprint density at radius 3 is 2.67 bits per heavy atom. The lowest BCUT2D eigenvalue weighted by atomic mass is 9.95. The Bertz CT molecular complexity index is 666. The molecule has 0 amide bonds. The fraction of sp³-hybridized carbons (Fsp3) is 0.385. The van der Waals surface area contributed by atoms with Crippen LogP contribution in [0.1, 0.15) is 25.0 Å². The van der Waals surface area contributed by atoms with E-state index in [1.54, 1.807) is 18.2 Å². The number of aliphatic hydroxyl groups excluding tert-OH is 1. The number of hydrogen-bond acceptors (Lipinski definition) is 5. The maximum Gasteiger partial charge on any atom is 0.250 e. The highest BCUT2D eigenvalue weighted by molar-refractivity contribution is 9.11. The van der Waals surface area contributed by atoms with E-state index in [2.05, 4.69) is 20.7 Å². The molecular weight excluding hydrogens is 378 g/mol. The Morgan fingerprint density at radius 1 is 1.43 bits per heavy atom. The van der Waals surface area contributed by atoms with Gasteiger partial charge in [-0.3, -0.25) is 0 Å². The van der Waals surface area contributed by atoms with Crippen molar-refractivity contribution < 1.29 is 17.9 Å². The van der Waals surface area contributed by atoms with Gasteiger partial charge in [0.25, 0.3) is 0 Å². The number of sulfonamides is 1. The van der Waals surface area contributed by atoms with Gasteiger partial charge in [0.2, 0.25) is 10.0 Å². The van der Waals surface area contributed by atoms with Crippen LogP contribution in [-0.4, -0.2) is 26.2 Å². The molecule has 2 aromatic rings. The van der Waals surface area contributed by atoms with Crippen molar-refractivity contribution in [3.63, 3.8) is 0 Å². The fourth-order valence-corrected chi connectivity index (χ4v) is 5.43. The van der Waals surface area contributed by atoms with E-state index in [1.807, 2.05) is 6.92 Å². The van der Waals surface area contributed by atoms with Crippen molar-refractivity contribution in [2.75, 3.05) is 6.61 Å².